The zero-order chi connectivity index (χ0) is 12.5. The standard InChI is InChI=1S/C16H16O2/c1-18-12-5-2-4-11(10-12)13-6-3-7-15-14(13)8-9-16(15)17/h2-7,10,16-17H,8-9H2,1H3. The predicted octanol–water partition coefficient (Wildman–Crippen LogP) is 3.34. The average molecular weight is 240 g/mol. The molecule has 0 saturated heterocycles. The average Bonchev–Trinajstić information content (AvgIpc) is 2.81. The molecule has 0 amide bonds. The highest BCUT2D eigenvalue weighted by Gasteiger charge is 2.22. The van der Waals surface area contributed by atoms with Crippen LogP contribution in [0.4, 0.5) is 0 Å². The van der Waals surface area contributed by atoms with Crippen LogP contribution in [0.2, 0.25) is 0 Å². The molecule has 0 spiro atoms. The predicted molar refractivity (Wildman–Crippen MR) is 71.7 cm³/mol. The molecule has 0 saturated carbocycles. The van der Waals surface area contributed by atoms with Crippen molar-refractivity contribution in [1.82, 2.24) is 0 Å². The molecule has 1 unspecified atom stereocenters. The van der Waals surface area contributed by atoms with E-state index in [0.717, 1.165) is 29.7 Å². The van der Waals surface area contributed by atoms with Crippen molar-refractivity contribution in [2.45, 2.75) is 18.9 Å². The van der Waals surface area contributed by atoms with Crippen LogP contribution in [0.25, 0.3) is 11.1 Å². The van der Waals surface area contributed by atoms with Gasteiger partial charge in [-0.1, -0.05) is 30.3 Å². The maximum Gasteiger partial charge on any atom is 0.119 e. The molecule has 2 aromatic carbocycles. The van der Waals surface area contributed by atoms with Crippen LogP contribution in [0.15, 0.2) is 42.5 Å². The van der Waals surface area contributed by atoms with Crippen LogP contribution in [0.1, 0.15) is 23.7 Å². The summed E-state index contributed by atoms with van der Waals surface area (Å²) in [4.78, 5) is 0. The Balaban J connectivity index is 2.12. The second kappa shape index (κ2) is 4.46. The molecule has 0 bridgehead atoms. The normalized spacial score (nSPS) is 17.6. The van der Waals surface area contributed by atoms with Crippen molar-refractivity contribution in [2.24, 2.45) is 0 Å². The molecule has 1 atom stereocenters. The van der Waals surface area contributed by atoms with Crippen LogP contribution in [-0.4, -0.2) is 12.2 Å². The lowest BCUT2D eigenvalue weighted by Gasteiger charge is -2.10. The van der Waals surface area contributed by atoms with Crippen LogP contribution in [0.5, 0.6) is 5.75 Å². The summed E-state index contributed by atoms with van der Waals surface area (Å²) < 4.78 is 5.27. The Labute approximate surface area is 107 Å². The zero-order valence-corrected chi connectivity index (χ0v) is 10.4. The first-order chi connectivity index (χ1) is 8.79. The highest BCUT2D eigenvalue weighted by Crippen LogP contribution is 2.38. The molecular formula is C16H16O2. The van der Waals surface area contributed by atoms with E-state index in [0.29, 0.717) is 0 Å². The van der Waals surface area contributed by atoms with Gasteiger partial charge in [0.2, 0.25) is 0 Å². The van der Waals surface area contributed by atoms with Gasteiger partial charge in [0.25, 0.3) is 0 Å². The molecule has 1 aliphatic rings. The Morgan fingerprint density at radius 2 is 2.00 bits per heavy atom. The lowest BCUT2D eigenvalue weighted by molar-refractivity contribution is 0.180. The molecule has 2 nitrogen and oxygen atoms in total. The first-order valence-corrected chi connectivity index (χ1v) is 6.24. The second-order valence-electron chi connectivity index (χ2n) is 4.66. The SMILES string of the molecule is COc1cccc(-c2cccc3c2CCC3O)c1. The van der Waals surface area contributed by atoms with E-state index in [9.17, 15) is 5.11 Å². The van der Waals surface area contributed by atoms with E-state index in [-0.39, 0.29) is 6.10 Å². The molecule has 3 rings (SSSR count). The van der Waals surface area contributed by atoms with Gasteiger partial charge in [0, 0.05) is 0 Å². The van der Waals surface area contributed by atoms with E-state index in [1.807, 2.05) is 30.3 Å². The van der Waals surface area contributed by atoms with E-state index in [2.05, 4.69) is 12.1 Å². The zero-order valence-electron chi connectivity index (χ0n) is 10.4. The van der Waals surface area contributed by atoms with Gasteiger partial charge in [0.15, 0.2) is 0 Å². The third-order valence-electron chi connectivity index (χ3n) is 3.62. The number of ether oxygens (including phenoxy) is 1. The number of benzene rings is 2. The van der Waals surface area contributed by atoms with Crippen LogP contribution >= 0.6 is 0 Å². The third kappa shape index (κ3) is 1.79. The van der Waals surface area contributed by atoms with E-state index < -0.39 is 0 Å². The molecule has 2 aromatic rings. The highest BCUT2D eigenvalue weighted by atomic mass is 16.5. The van der Waals surface area contributed by atoms with E-state index in [1.54, 1.807) is 7.11 Å². The van der Waals surface area contributed by atoms with Crippen molar-refractivity contribution in [3.8, 4) is 16.9 Å². The second-order valence-corrected chi connectivity index (χ2v) is 4.66. The van der Waals surface area contributed by atoms with Crippen LogP contribution in [0, 0.1) is 0 Å². The number of hydrogen-bond donors (Lipinski definition) is 1. The van der Waals surface area contributed by atoms with Gasteiger partial charge in [0.05, 0.1) is 13.2 Å². The molecule has 92 valence electrons. The Kier molecular flexibility index (Phi) is 2.80. The fourth-order valence-corrected chi connectivity index (χ4v) is 2.69. The number of methoxy groups -OCH3 is 1. The molecule has 18 heavy (non-hydrogen) atoms. The van der Waals surface area contributed by atoms with E-state index in [4.69, 9.17) is 4.74 Å². The van der Waals surface area contributed by atoms with Crippen molar-refractivity contribution in [3.63, 3.8) is 0 Å². The quantitative estimate of drug-likeness (QED) is 0.872. The van der Waals surface area contributed by atoms with E-state index in [1.165, 1.54) is 11.1 Å². The van der Waals surface area contributed by atoms with Gasteiger partial charge in [-0.2, -0.15) is 0 Å². The number of hydrogen-bond acceptors (Lipinski definition) is 2. The number of rotatable bonds is 2. The lowest BCUT2D eigenvalue weighted by atomic mass is 9.96. The highest BCUT2D eigenvalue weighted by molar-refractivity contribution is 5.71. The molecule has 0 heterocycles. The Bertz CT molecular complexity index is 575. The largest absolute Gasteiger partial charge is 0.497 e. The number of aliphatic hydroxyl groups is 1. The van der Waals surface area contributed by atoms with Crippen molar-refractivity contribution < 1.29 is 9.84 Å². The summed E-state index contributed by atoms with van der Waals surface area (Å²) in [6.45, 7) is 0. The molecule has 0 fully saturated rings. The summed E-state index contributed by atoms with van der Waals surface area (Å²) in [7, 11) is 1.68. The summed E-state index contributed by atoms with van der Waals surface area (Å²) >= 11 is 0. The summed E-state index contributed by atoms with van der Waals surface area (Å²) in [5.74, 6) is 0.864. The molecule has 1 aliphatic carbocycles. The Morgan fingerprint density at radius 1 is 1.17 bits per heavy atom. The summed E-state index contributed by atoms with van der Waals surface area (Å²) in [6, 6.07) is 14.2. The molecular weight excluding hydrogens is 224 g/mol. The Morgan fingerprint density at radius 3 is 2.83 bits per heavy atom. The maximum atomic E-state index is 9.93. The number of aliphatic hydroxyl groups excluding tert-OH is 1. The first-order valence-electron chi connectivity index (χ1n) is 6.24. The van der Waals surface area contributed by atoms with E-state index >= 15 is 0 Å². The van der Waals surface area contributed by atoms with Crippen molar-refractivity contribution in [2.75, 3.05) is 7.11 Å². The molecule has 0 radical (unpaired) electrons. The van der Waals surface area contributed by atoms with Crippen LogP contribution < -0.4 is 4.74 Å². The molecule has 0 aromatic heterocycles. The van der Waals surface area contributed by atoms with Gasteiger partial charge in [0.1, 0.15) is 5.75 Å². The minimum atomic E-state index is -0.300. The summed E-state index contributed by atoms with van der Waals surface area (Å²) in [5, 5.41) is 9.93. The summed E-state index contributed by atoms with van der Waals surface area (Å²) in [5.41, 5.74) is 4.72. The Hall–Kier alpha value is -1.80. The van der Waals surface area contributed by atoms with Crippen molar-refractivity contribution in [3.05, 3.63) is 53.6 Å². The first kappa shape index (κ1) is 11.3. The lowest BCUT2D eigenvalue weighted by Crippen LogP contribution is -1.92. The number of fused-ring (bicyclic) bond motifs is 1. The van der Waals surface area contributed by atoms with Gasteiger partial charge in [-0.25, -0.2) is 0 Å². The van der Waals surface area contributed by atoms with Gasteiger partial charge in [-0.3, -0.25) is 0 Å². The van der Waals surface area contributed by atoms with Gasteiger partial charge < -0.3 is 9.84 Å². The minimum Gasteiger partial charge on any atom is -0.497 e. The smallest absolute Gasteiger partial charge is 0.119 e. The molecule has 0 aliphatic heterocycles. The fraction of sp³-hybridized carbons (Fsp3) is 0.250. The van der Waals surface area contributed by atoms with Crippen molar-refractivity contribution in [1.29, 1.82) is 0 Å². The molecule has 1 N–H and O–H groups in total. The van der Waals surface area contributed by atoms with Gasteiger partial charge >= 0.3 is 0 Å². The van der Waals surface area contributed by atoms with Gasteiger partial charge in [-0.05, 0) is 47.2 Å². The van der Waals surface area contributed by atoms with Crippen LogP contribution in [-0.2, 0) is 6.42 Å². The fourth-order valence-electron chi connectivity index (χ4n) is 2.69. The van der Waals surface area contributed by atoms with Crippen molar-refractivity contribution >= 4 is 0 Å². The monoisotopic (exact) mass is 240 g/mol. The topological polar surface area (TPSA) is 29.5 Å². The molecule has 2 heteroatoms. The van der Waals surface area contributed by atoms with Crippen LogP contribution in [0.3, 0.4) is 0 Å². The minimum absolute atomic E-state index is 0.300. The maximum absolute atomic E-state index is 9.93. The van der Waals surface area contributed by atoms with Gasteiger partial charge in [-0.15, -0.1) is 0 Å². The summed E-state index contributed by atoms with van der Waals surface area (Å²) in [6.07, 6.45) is 1.48. The third-order valence-corrected chi connectivity index (χ3v) is 3.62.